The fraction of sp³-hybridized carbons (Fsp3) is 0.714. The average Bonchev–Trinajstić information content (AvgIpc) is 2.43. The lowest BCUT2D eigenvalue weighted by molar-refractivity contribution is -0.230. The van der Waals surface area contributed by atoms with Crippen LogP contribution in [0.1, 0.15) is 34.1 Å². The molecule has 1 N–H and O–H groups in total. The summed E-state index contributed by atoms with van der Waals surface area (Å²) in [5.74, 6) is -2.24. The first-order valence-corrected chi connectivity index (χ1v) is 7.17. The topological polar surface area (TPSA) is 117 Å². The summed E-state index contributed by atoms with van der Waals surface area (Å²) in [5.41, 5.74) is 0. The van der Waals surface area contributed by atoms with Gasteiger partial charge in [-0.3, -0.25) is 19.2 Å². The minimum absolute atomic E-state index is 0.121. The molecule has 0 aromatic rings. The standard InChI is InChI=1S/C14H21NO8/c1-5-11(19)15-14-13(23-9(4)18)12(22-8(3)17)10(6-20-14)21-7(2)16/h10,12-14H,5-6H2,1-4H3,(H,15,19)/t10-,12-,13-,14-/m1/s1. The molecule has 1 amide bonds. The third-order valence-corrected chi connectivity index (χ3v) is 2.97. The predicted octanol–water partition coefficient (Wildman–Crippen LogP) is -0.336. The fourth-order valence-corrected chi connectivity index (χ4v) is 2.13. The van der Waals surface area contributed by atoms with Crippen molar-refractivity contribution in [2.24, 2.45) is 0 Å². The number of hydrogen-bond acceptors (Lipinski definition) is 8. The first-order valence-electron chi connectivity index (χ1n) is 7.17. The minimum atomic E-state index is -1.13. The van der Waals surface area contributed by atoms with E-state index in [4.69, 9.17) is 18.9 Å². The van der Waals surface area contributed by atoms with Gasteiger partial charge in [-0.25, -0.2) is 0 Å². The monoisotopic (exact) mass is 331 g/mol. The molecule has 1 aliphatic rings. The van der Waals surface area contributed by atoms with Crippen LogP contribution in [0.4, 0.5) is 0 Å². The number of carbonyl (C=O) groups excluding carboxylic acids is 4. The van der Waals surface area contributed by atoms with Gasteiger partial charge in [0.1, 0.15) is 0 Å². The summed E-state index contributed by atoms with van der Waals surface area (Å²) in [4.78, 5) is 45.4. The molecule has 1 heterocycles. The van der Waals surface area contributed by atoms with E-state index in [1.54, 1.807) is 6.92 Å². The van der Waals surface area contributed by atoms with Gasteiger partial charge in [-0.15, -0.1) is 0 Å². The largest absolute Gasteiger partial charge is 0.456 e. The Labute approximate surface area is 133 Å². The van der Waals surface area contributed by atoms with Gasteiger partial charge < -0.3 is 24.3 Å². The number of esters is 3. The summed E-state index contributed by atoms with van der Waals surface area (Å²) < 4.78 is 20.7. The first kappa shape index (κ1) is 18.9. The van der Waals surface area contributed by atoms with E-state index in [0.717, 1.165) is 0 Å². The highest BCUT2D eigenvalue weighted by molar-refractivity contribution is 5.76. The van der Waals surface area contributed by atoms with Gasteiger partial charge in [0.15, 0.2) is 24.5 Å². The molecule has 130 valence electrons. The van der Waals surface area contributed by atoms with Crippen molar-refractivity contribution in [3.8, 4) is 0 Å². The normalized spacial score (nSPS) is 26.8. The number of ether oxygens (including phenoxy) is 4. The maximum atomic E-state index is 11.6. The quantitative estimate of drug-likeness (QED) is 0.537. The Morgan fingerprint density at radius 2 is 1.48 bits per heavy atom. The summed E-state index contributed by atoms with van der Waals surface area (Å²) in [7, 11) is 0. The molecule has 0 radical (unpaired) electrons. The molecule has 1 saturated heterocycles. The number of amides is 1. The molecule has 9 heteroatoms. The Kier molecular flexibility index (Phi) is 6.95. The van der Waals surface area contributed by atoms with Crippen LogP contribution in [0.3, 0.4) is 0 Å². The second-order valence-corrected chi connectivity index (χ2v) is 4.97. The summed E-state index contributed by atoms with van der Waals surface area (Å²) in [5, 5.41) is 2.53. The molecular weight excluding hydrogens is 310 g/mol. The molecule has 0 aromatic heterocycles. The highest BCUT2D eigenvalue weighted by Crippen LogP contribution is 2.23. The molecule has 9 nitrogen and oxygen atoms in total. The molecule has 0 saturated carbocycles. The third-order valence-electron chi connectivity index (χ3n) is 2.97. The molecule has 0 aromatic carbocycles. The number of hydrogen-bond donors (Lipinski definition) is 1. The molecular formula is C14H21NO8. The van der Waals surface area contributed by atoms with Crippen molar-refractivity contribution in [1.82, 2.24) is 5.32 Å². The summed E-state index contributed by atoms with van der Waals surface area (Å²) in [6.45, 7) is 5.05. The van der Waals surface area contributed by atoms with Gasteiger partial charge in [0.2, 0.25) is 5.91 Å². The van der Waals surface area contributed by atoms with E-state index in [1.807, 2.05) is 0 Å². The van der Waals surface area contributed by atoms with E-state index in [9.17, 15) is 19.2 Å². The van der Waals surface area contributed by atoms with Crippen molar-refractivity contribution in [2.45, 2.75) is 58.7 Å². The molecule has 4 atom stereocenters. The molecule has 0 aliphatic carbocycles. The van der Waals surface area contributed by atoms with Crippen molar-refractivity contribution >= 4 is 23.8 Å². The molecule has 0 unspecified atom stereocenters. The van der Waals surface area contributed by atoms with Gasteiger partial charge in [0.25, 0.3) is 0 Å². The zero-order valence-electron chi connectivity index (χ0n) is 13.5. The second kappa shape index (κ2) is 8.47. The Morgan fingerprint density at radius 1 is 0.957 bits per heavy atom. The predicted molar refractivity (Wildman–Crippen MR) is 74.8 cm³/mol. The Bertz CT molecular complexity index is 477. The van der Waals surface area contributed by atoms with Crippen LogP contribution in [0.25, 0.3) is 0 Å². The lowest BCUT2D eigenvalue weighted by Crippen LogP contribution is -2.62. The van der Waals surface area contributed by atoms with E-state index in [1.165, 1.54) is 20.8 Å². The highest BCUT2D eigenvalue weighted by atomic mass is 16.6. The zero-order chi connectivity index (χ0) is 17.6. The van der Waals surface area contributed by atoms with E-state index in [-0.39, 0.29) is 18.9 Å². The van der Waals surface area contributed by atoms with Crippen molar-refractivity contribution in [2.75, 3.05) is 6.61 Å². The van der Waals surface area contributed by atoms with Crippen LogP contribution < -0.4 is 5.32 Å². The summed E-state index contributed by atoms with van der Waals surface area (Å²) >= 11 is 0. The Morgan fingerprint density at radius 3 is 1.96 bits per heavy atom. The summed E-state index contributed by atoms with van der Waals surface area (Å²) in [6, 6.07) is 0. The van der Waals surface area contributed by atoms with E-state index >= 15 is 0 Å². The van der Waals surface area contributed by atoms with E-state index in [2.05, 4.69) is 5.32 Å². The zero-order valence-corrected chi connectivity index (χ0v) is 13.5. The van der Waals surface area contributed by atoms with Gasteiger partial charge in [-0.05, 0) is 0 Å². The van der Waals surface area contributed by atoms with Gasteiger partial charge >= 0.3 is 17.9 Å². The van der Waals surface area contributed by atoms with Crippen molar-refractivity contribution in [1.29, 1.82) is 0 Å². The van der Waals surface area contributed by atoms with Crippen molar-refractivity contribution in [3.05, 3.63) is 0 Å². The van der Waals surface area contributed by atoms with Gasteiger partial charge in [0.05, 0.1) is 6.61 Å². The van der Waals surface area contributed by atoms with Crippen LogP contribution >= 0.6 is 0 Å². The molecule has 1 fully saturated rings. The average molecular weight is 331 g/mol. The lowest BCUT2D eigenvalue weighted by atomic mass is 10.0. The SMILES string of the molecule is CCC(=O)N[C@@H]1OC[C@@H](OC(C)=O)[C@@H](OC(C)=O)[C@H]1OC(C)=O. The highest BCUT2D eigenvalue weighted by Gasteiger charge is 2.47. The smallest absolute Gasteiger partial charge is 0.303 e. The van der Waals surface area contributed by atoms with Crippen LogP contribution in [0.15, 0.2) is 0 Å². The van der Waals surface area contributed by atoms with E-state index < -0.39 is 42.4 Å². The van der Waals surface area contributed by atoms with Crippen LogP contribution in [0.5, 0.6) is 0 Å². The number of nitrogens with one attached hydrogen (secondary N) is 1. The van der Waals surface area contributed by atoms with Crippen LogP contribution in [-0.2, 0) is 38.1 Å². The molecule has 0 bridgehead atoms. The third kappa shape index (κ3) is 5.85. The lowest BCUT2D eigenvalue weighted by Gasteiger charge is -2.40. The Balaban J connectivity index is 3.03. The Hall–Kier alpha value is -2.16. The van der Waals surface area contributed by atoms with Gasteiger partial charge in [-0.1, -0.05) is 6.92 Å². The first-order chi connectivity index (χ1) is 10.7. The number of carbonyl (C=O) groups is 4. The number of rotatable bonds is 5. The van der Waals surface area contributed by atoms with Crippen LogP contribution in [0.2, 0.25) is 0 Å². The molecule has 1 rings (SSSR count). The fourth-order valence-electron chi connectivity index (χ4n) is 2.13. The maximum Gasteiger partial charge on any atom is 0.303 e. The molecule has 1 aliphatic heterocycles. The van der Waals surface area contributed by atoms with Crippen molar-refractivity contribution in [3.63, 3.8) is 0 Å². The minimum Gasteiger partial charge on any atom is -0.456 e. The molecule has 23 heavy (non-hydrogen) atoms. The maximum absolute atomic E-state index is 11.6. The van der Waals surface area contributed by atoms with Gasteiger partial charge in [-0.2, -0.15) is 0 Å². The second-order valence-electron chi connectivity index (χ2n) is 4.97. The summed E-state index contributed by atoms with van der Waals surface area (Å²) in [6.07, 6.45) is -3.99. The van der Waals surface area contributed by atoms with Crippen LogP contribution in [-0.4, -0.2) is 55.0 Å². The molecule has 0 spiro atoms. The van der Waals surface area contributed by atoms with E-state index in [0.29, 0.717) is 0 Å². The van der Waals surface area contributed by atoms with Crippen LogP contribution in [0, 0.1) is 0 Å². The van der Waals surface area contributed by atoms with Crippen molar-refractivity contribution < 1.29 is 38.1 Å². The van der Waals surface area contributed by atoms with Gasteiger partial charge in [0, 0.05) is 27.2 Å².